The van der Waals surface area contributed by atoms with Crippen LogP contribution >= 0.6 is 22.9 Å². The number of hydrogen-bond donors (Lipinski definition) is 1. The number of furan rings is 1. The predicted molar refractivity (Wildman–Crippen MR) is 65.8 cm³/mol. The molecule has 0 saturated carbocycles. The Balaban J connectivity index is 1.79. The minimum atomic E-state index is -0.281. The summed E-state index contributed by atoms with van der Waals surface area (Å²) in [6.07, 6.45) is 4.62. The number of fused-ring (bicyclic) bond motifs is 1. The lowest BCUT2D eigenvalue weighted by Gasteiger charge is -1.98. The number of aromatic nitrogens is 1. The van der Waals surface area contributed by atoms with E-state index in [1.54, 1.807) is 6.07 Å². The number of amides is 1. The Morgan fingerprint density at radius 3 is 3.12 bits per heavy atom. The standard InChI is InChI=1S/C11H9ClN2O2S/c12-9-6(4-5-16-9)10(15)14-11-13-7-2-1-3-8(7)17-11/h4-5H,1-3H2,(H,13,14,15). The molecule has 0 saturated heterocycles. The molecule has 1 aliphatic carbocycles. The van der Waals surface area contributed by atoms with Gasteiger partial charge in [0.15, 0.2) is 5.13 Å². The van der Waals surface area contributed by atoms with Gasteiger partial charge in [-0.1, -0.05) is 0 Å². The summed E-state index contributed by atoms with van der Waals surface area (Å²) in [5.74, 6) is -0.281. The van der Waals surface area contributed by atoms with Gasteiger partial charge < -0.3 is 4.42 Å². The molecule has 0 fully saturated rings. The van der Waals surface area contributed by atoms with Crippen molar-refractivity contribution in [1.29, 1.82) is 0 Å². The van der Waals surface area contributed by atoms with E-state index in [4.69, 9.17) is 16.0 Å². The van der Waals surface area contributed by atoms with Crippen molar-refractivity contribution in [2.75, 3.05) is 5.32 Å². The van der Waals surface area contributed by atoms with Gasteiger partial charge in [0.1, 0.15) is 0 Å². The Kier molecular flexibility index (Phi) is 2.64. The van der Waals surface area contributed by atoms with Gasteiger partial charge in [-0.05, 0) is 36.9 Å². The van der Waals surface area contributed by atoms with Gasteiger partial charge in [0.05, 0.1) is 17.5 Å². The zero-order valence-corrected chi connectivity index (χ0v) is 10.4. The zero-order valence-electron chi connectivity index (χ0n) is 8.83. The van der Waals surface area contributed by atoms with Crippen LogP contribution in [-0.2, 0) is 12.8 Å². The van der Waals surface area contributed by atoms with E-state index in [1.807, 2.05) is 0 Å². The lowest BCUT2D eigenvalue weighted by atomic mass is 10.3. The fraction of sp³-hybridized carbons (Fsp3) is 0.273. The molecule has 88 valence electrons. The SMILES string of the molecule is O=C(Nc1nc2c(s1)CCC2)c1ccoc1Cl. The fourth-order valence-corrected chi connectivity index (χ4v) is 3.11. The maximum atomic E-state index is 11.8. The van der Waals surface area contributed by atoms with Crippen molar-refractivity contribution >= 4 is 34.0 Å². The Bertz CT molecular complexity index is 554. The smallest absolute Gasteiger partial charge is 0.262 e. The quantitative estimate of drug-likeness (QED) is 0.910. The molecule has 0 spiro atoms. The van der Waals surface area contributed by atoms with Gasteiger partial charge in [-0.25, -0.2) is 4.98 Å². The molecule has 6 heteroatoms. The molecule has 3 rings (SSSR count). The first-order valence-electron chi connectivity index (χ1n) is 5.27. The molecule has 4 nitrogen and oxygen atoms in total. The molecule has 1 aliphatic rings. The average molecular weight is 269 g/mol. The van der Waals surface area contributed by atoms with E-state index >= 15 is 0 Å². The number of nitrogens with zero attached hydrogens (tertiary/aromatic N) is 1. The molecule has 0 aliphatic heterocycles. The minimum absolute atomic E-state index is 0.103. The molecule has 0 radical (unpaired) electrons. The van der Waals surface area contributed by atoms with Gasteiger partial charge in [0, 0.05) is 4.88 Å². The maximum absolute atomic E-state index is 11.8. The third-order valence-electron chi connectivity index (χ3n) is 2.68. The van der Waals surface area contributed by atoms with Crippen molar-refractivity contribution in [3.05, 3.63) is 33.7 Å². The highest BCUT2D eigenvalue weighted by atomic mass is 35.5. The summed E-state index contributed by atoms with van der Waals surface area (Å²) in [4.78, 5) is 17.5. The number of rotatable bonds is 2. The Hall–Kier alpha value is -1.33. The summed E-state index contributed by atoms with van der Waals surface area (Å²) in [7, 11) is 0. The molecule has 17 heavy (non-hydrogen) atoms. The first-order chi connectivity index (χ1) is 8.24. The second-order valence-corrected chi connectivity index (χ2v) is 5.23. The molecular formula is C11H9ClN2O2S. The highest BCUT2D eigenvalue weighted by molar-refractivity contribution is 7.16. The summed E-state index contributed by atoms with van der Waals surface area (Å²) in [6, 6.07) is 1.54. The molecule has 1 amide bonds. The van der Waals surface area contributed by atoms with Crippen molar-refractivity contribution < 1.29 is 9.21 Å². The number of aryl methyl sites for hydroxylation is 2. The second-order valence-electron chi connectivity index (χ2n) is 3.80. The van der Waals surface area contributed by atoms with Crippen LogP contribution in [0.1, 0.15) is 27.3 Å². The van der Waals surface area contributed by atoms with Crippen molar-refractivity contribution in [2.45, 2.75) is 19.3 Å². The summed E-state index contributed by atoms with van der Waals surface area (Å²) < 4.78 is 4.87. The van der Waals surface area contributed by atoms with Gasteiger partial charge in [-0.2, -0.15) is 0 Å². The summed E-state index contributed by atoms with van der Waals surface area (Å²) in [5, 5.41) is 3.48. The van der Waals surface area contributed by atoms with Crippen molar-refractivity contribution in [1.82, 2.24) is 4.98 Å². The van der Waals surface area contributed by atoms with Crippen LogP contribution < -0.4 is 5.32 Å². The van der Waals surface area contributed by atoms with Crippen LogP contribution in [0.3, 0.4) is 0 Å². The van der Waals surface area contributed by atoms with Crippen LogP contribution in [0, 0.1) is 0 Å². The molecule has 2 aromatic rings. The van der Waals surface area contributed by atoms with Gasteiger partial charge >= 0.3 is 0 Å². The van der Waals surface area contributed by atoms with Gasteiger partial charge in [0.2, 0.25) is 5.22 Å². The first-order valence-corrected chi connectivity index (χ1v) is 6.46. The van der Waals surface area contributed by atoms with Gasteiger partial charge in [0.25, 0.3) is 5.91 Å². The van der Waals surface area contributed by atoms with E-state index in [2.05, 4.69) is 10.3 Å². The lowest BCUT2D eigenvalue weighted by Crippen LogP contribution is -2.11. The Morgan fingerprint density at radius 2 is 2.41 bits per heavy atom. The van der Waals surface area contributed by atoms with Gasteiger partial charge in [-0.3, -0.25) is 10.1 Å². The molecule has 1 N–H and O–H groups in total. The highest BCUT2D eigenvalue weighted by Crippen LogP contribution is 2.30. The first kappa shape index (κ1) is 10.8. The third-order valence-corrected chi connectivity index (χ3v) is 4.04. The number of halogens is 1. The summed E-state index contributed by atoms with van der Waals surface area (Å²) >= 11 is 7.27. The largest absolute Gasteiger partial charge is 0.452 e. The predicted octanol–water partition coefficient (Wildman–Crippen LogP) is 3.13. The topological polar surface area (TPSA) is 55.1 Å². The molecular weight excluding hydrogens is 260 g/mol. The lowest BCUT2D eigenvalue weighted by molar-refractivity contribution is 0.102. The van der Waals surface area contributed by atoms with Crippen LogP contribution in [0.15, 0.2) is 16.7 Å². The summed E-state index contributed by atoms with van der Waals surface area (Å²) in [6.45, 7) is 0. The number of carbonyl (C=O) groups is 1. The van der Waals surface area contributed by atoms with E-state index in [1.165, 1.54) is 22.5 Å². The van der Waals surface area contributed by atoms with Gasteiger partial charge in [-0.15, -0.1) is 11.3 Å². The number of nitrogens with one attached hydrogen (secondary N) is 1. The minimum Gasteiger partial charge on any atom is -0.452 e. The molecule has 0 bridgehead atoms. The Morgan fingerprint density at radius 1 is 1.53 bits per heavy atom. The van der Waals surface area contributed by atoms with Crippen LogP contribution in [0.5, 0.6) is 0 Å². The summed E-state index contributed by atoms with van der Waals surface area (Å²) in [5.41, 5.74) is 1.45. The molecule has 2 aromatic heterocycles. The molecule has 0 atom stereocenters. The van der Waals surface area contributed by atoms with E-state index in [0.29, 0.717) is 10.7 Å². The number of thiazole rings is 1. The Labute approximate surface area is 107 Å². The van der Waals surface area contributed by atoms with Crippen LogP contribution in [0.2, 0.25) is 5.22 Å². The fourth-order valence-electron chi connectivity index (χ4n) is 1.86. The average Bonchev–Trinajstić information content (AvgIpc) is 2.92. The van der Waals surface area contributed by atoms with E-state index < -0.39 is 0 Å². The van der Waals surface area contributed by atoms with E-state index in [9.17, 15) is 4.79 Å². The van der Waals surface area contributed by atoms with E-state index in [-0.39, 0.29) is 11.1 Å². The van der Waals surface area contributed by atoms with Crippen LogP contribution in [0.25, 0.3) is 0 Å². The van der Waals surface area contributed by atoms with Crippen molar-refractivity contribution in [3.8, 4) is 0 Å². The highest BCUT2D eigenvalue weighted by Gasteiger charge is 2.19. The number of carbonyl (C=O) groups excluding carboxylic acids is 1. The second kappa shape index (κ2) is 4.16. The monoisotopic (exact) mass is 268 g/mol. The normalized spacial score (nSPS) is 13.7. The number of hydrogen-bond acceptors (Lipinski definition) is 4. The molecule has 0 unspecified atom stereocenters. The molecule has 2 heterocycles. The molecule has 0 aromatic carbocycles. The number of anilines is 1. The van der Waals surface area contributed by atoms with Crippen molar-refractivity contribution in [2.24, 2.45) is 0 Å². The van der Waals surface area contributed by atoms with E-state index in [0.717, 1.165) is 25.0 Å². The zero-order chi connectivity index (χ0) is 11.8. The van der Waals surface area contributed by atoms with Crippen molar-refractivity contribution in [3.63, 3.8) is 0 Å². The maximum Gasteiger partial charge on any atom is 0.262 e. The van der Waals surface area contributed by atoms with Crippen LogP contribution in [-0.4, -0.2) is 10.9 Å². The van der Waals surface area contributed by atoms with Crippen LogP contribution in [0.4, 0.5) is 5.13 Å². The third kappa shape index (κ3) is 1.96.